The standard InChI is InChI=1S/C26H20F3N5O3S/c1-12(30)22-21(24(35)34-23(31)16-11-38-18-6-4-3-5-13(16)18)33-25(37-22)15-7-9-17(36-2)20-14(15)8-10-19(32-20)26(27,28)29/h3-12H,30H2,1-2H3,(H2,31,34,35)/t12-/m0/s1. The number of halogens is 3. The number of carbonyl (C=O) groups is 1. The summed E-state index contributed by atoms with van der Waals surface area (Å²) in [6.45, 7) is 1.60. The fourth-order valence-electron chi connectivity index (χ4n) is 4.01. The average Bonchev–Trinajstić information content (AvgIpc) is 3.52. The molecule has 4 N–H and O–H groups in total. The number of hydrogen-bond donors (Lipinski definition) is 2. The van der Waals surface area contributed by atoms with Gasteiger partial charge in [0, 0.05) is 32.0 Å². The summed E-state index contributed by atoms with van der Waals surface area (Å²) in [6.07, 6.45) is -4.65. The van der Waals surface area contributed by atoms with E-state index in [0.29, 0.717) is 11.1 Å². The number of ether oxygens (including phenoxy) is 1. The lowest BCUT2D eigenvalue weighted by atomic mass is 10.1. The lowest BCUT2D eigenvalue weighted by molar-refractivity contribution is -0.140. The van der Waals surface area contributed by atoms with Crippen LogP contribution in [-0.4, -0.2) is 28.8 Å². The van der Waals surface area contributed by atoms with Crippen LogP contribution in [0.1, 0.15) is 40.5 Å². The Kier molecular flexibility index (Phi) is 6.37. The zero-order valence-electron chi connectivity index (χ0n) is 20.0. The largest absolute Gasteiger partial charge is 0.494 e. The predicted molar refractivity (Wildman–Crippen MR) is 138 cm³/mol. The number of benzene rings is 2. The first kappa shape index (κ1) is 25.4. The van der Waals surface area contributed by atoms with Crippen molar-refractivity contribution in [2.45, 2.75) is 19.1 Å². The maximum absolute atomic E-state index is 13.3. The number of aromatic nitrogens is 2. The highest BCUT2D eigenvalue weighted by Gasteiger charge is 2.33. The molecular formula is C26H20F3N5O3S. The zero-order valence-corrected chi connectivity index (χ0v) is 20.9. The molecule has 194 valence electrons. The van der Waals surface area contributed by atoms with Gasteiger partial charge < -0.3 is 20.6 Å². The van der Waals surface area contributed by atoms with Gasteiger partial charge in [0.25, 0.3) is 0 Å². The normalized spacial score (nSPS) is 13.3. The summed E-state index contributed by atoms with van der Waals surface area (Å²) in [4.78, 5) is 25.3. The van der Waals surface area contributed by atoms with Crippen LogP contribution < -0.4 is 16.2 Å². The summed E-state index contributed by atoms with van der Waals surface area (Å²) in [5.74, 6) is -0.613. The molecule has 1 atom stereocenters. The number of hydrogen-bond acceptors (Lipinski definition) is 7. The number of aliphatic imine (C=N–C) groups is 1. The number of methoxy groups -OCH3 is 1. The van der Waals surface area contributed by atoms with Gasteiger partial charge in [0.2, 0.25) is 5.89 Å². The number of fused-ring (bicyclic) bond motifs is 2. The van der Waals surface area contributed by atoms with Gasteiger partial charge in [-0.25, -0.2) is 9.97 Å². The van der Waals surface area contributed by atoms with Crippen LogP contribution in [0, 0.1) is 0 Å². The van der Waals surface area contributed by atoms with E-state index in [1.54, 1.807) is 13.0 Å². The Morgan fingerprint density at radius 2 is 1.87 bits per heavy atom. The van der Waals surface area contributed by atoms with E-state index in [-0.39, 0.29) is 39.8 Å². The van der Waals surface area contributed by atoms with E-state index in [2.05, 4.69) is 15.0 Å². The third-order valence-electron chi connectivity index (χ3n) is 5.81. The van der Waals surface area contributed by atoms with Gasteiger partial charge in [0.1, 0.15) is 22.8 Å². The molecule has 8 nitrogen and oxygen atoms in total. The number of oxazole rings is 1. The molecule has 3 aromatic heterocycles. The number of carbonyl (C=O) groups excluding carboxylic acids is 1. The Hall–Kier alpha value is -4.29. The molecule has 1 amide bonds. The number of nitrogens with zero attached hydrogens (tertiary/aromatic N) is 3. The lowest BCUT2D eigenvalue weighted by Gasteiger charge is -2.11. The van der Waals surface area contributed by atoms with Crippen molar-refractivity contribution in [3.8, 4) is 17.2 Å². The van der Waals surface area contributed by atoms with Crippen LogP contribution in [0.15, 0.2) is 63.3 Å². The third-order valence-corrected chi connectivity index (χ3v) is 6.77. The second kappa shape index (κ2) is 9.54. The number of thiophene rings is 1. The van der Waals surface area contributed by atoms with E-state index in [4.69, 9.17) is 20.6 Å². The fourth-order valence-corrected chi connectivity index (χ4v) is 4.96. The molecule has 0 spiro atoms. The second-order valence-corrected chi connectivity index (χ2v) is 9.29. The van der Waals surface area contributed by atoms with Crippen LogP contribution in [0.5, 0.6) is 5.75 Å². The van der Waals surface area contributed by atoms with E-state index in [9.17, 15) is 18.0 Å². The zero-order chi connectivity index (χ0) is 27.2. The van der Waals surface area contributed by atoms with E-state index in [1.165, 1.54) is 30.6 Å². The van der Waals surface area contributed by atoms with Gasteiger partial charge in [0.05, 0.1) is 13.2 Å². The summed E-state index contributed by atoms with van der Waals surface area (Å²) in [5.41, 5.74) is 11.9. The van der Waals surface area contributed by atoms with Gasteiger partial charge in [-0.3, -0.25) is 4.79 Å². The molecule has 0 unspecified atom stereocenters. The van der Waals surface area contributed by atoms with Crippen molar-refractivity contribution >= 4 is 44.1 Å². The summed E-state index contributed by atoms with van der Waals surface area (Å²) >= 11 is 1.47. The highest BCUT2D eigenvalue weighted by Crippen LogP contribution is 2.37. The minimum Gasteiger partial charge on any atom is -0.494 e. The minimum atomic E-state index is -4.65. The molecule has 5 aromatic rings. The summed E-state index contributed by atoms with van der Waals surface area (Å²) in [7, 11) is 1.33. The van der Waals surface area contributed by atoms with E-state index in [1.807, 2.05) is 29.6 Å². The van der Waals surface area contributed by atoms with Gasteiger partial charge in [-0.1, -0.05) is 18.2 Å². The Labute approximate surface area is 217 Å². The monoisotopic (exact) mass is 539 g/mol. The third kappa shape index (κ3) is 4.48. The van der Waals surface area contributed by atoms with Gasteiger partial charge in [0.15, 0.2) is 11.5 Å². The highest BCUT2D eigenvalue weighted by molar-refractivity contribution is 7.17. The van der Waals surface area contributed by atoms with Gasteiger partial charge in [-0.05, 0) is 37.3 Å². The lowest BCUT2D eigenvalue weighted by Crippen LogP contribution is -2.17. The number of alkyl halides is 3. The Bertz CT molecular complexity index is 1720. The highest BCUT2D eigenvalue weighted by atomic mass is 32.1. The molecule has 0 aliphatic rings. The fraction of sp³-hybridized carbons (Fsp3) is 0.154. The Balaban J connectivity index is 1.60. The van der Waals surface area contributed by atoms with Crippen LogP contribution in [0.3, 0.4) is 0 Å². The number of pyridine rings is 1. The Morgan fingerprint density at radius 1 is 1.11 bits per heavy atom. The molecule has 5 rings (SSSR count). The van der Waals surface area contributed by atoms with Crippen molar-refractivity contribution in [3.05, 3.63) is 76.6 Å². The Morgan fingerprint density at radius 3 is 2.58 bits per heavy atom. The first-order valence-corrected chi connectivity index (χ1v) is 12.1. The molecule has 0 saturated carbocycles. The van der Waals surface area contributed by atoms with Crippen LogP contribution in [-0.2, 0) is 6.18 Å². The molecule has 2 aromatic carbocycles. The molecule has 0 saturated heterocycles. The second-order valence-electron chi connectivity index (χ2n) is 8.37. The predicted octanol–water partition coefficient (Wildman–Crippen LogP) is 5.70. The first-order valence-electron chi connectivity index (χ1n) is 11.2. The quantitative estimate of drug-likeness (QED) is 0.217. The molecule has 0 aliphatic carbocycles. The topological polar surface area (TPSA) is 130 Å². The number of nitrogens with two attached hydrogens (primary N) is 2. The SMILES string of the molecule is COc1ccc(-c2nc(C(=O)N=C(N)c3csc4ccccc34)c([C@H](C)N)o2)c2ccc(C(F)(F)F)nc12. The number of amidine groups is 1. The maximum Gasteiger partial charge on any atom is 0.433 e. The molecule has 12 heteroatoms. The van der Waals surface area contributed by atoms with Crippen LogP contribution in [0.4, 0.5) is 13.2 Å². The van der Waals surface area contributed by atoms with Crippen molar-refractivity contribution in [1.82, 2.24) is 9.97 Å². The van der Waals surface area contributed by atoms with Gasteiger partial charge in [-0.15, -0.1) is 11.3 Å². The van der Waals surface area contributed by atoms with Crippen molar-refractivity contribution in [2.75, 3.05) is 7.11 Å². The summed E-state index contributed by atoms with van der Waals surface area (Å²) < 4.78 is 51.9. The molecule has 0 radical (unpaired) electrons. The molecule has 0 aliphatic heterocycles. The van der Waals surface area contributed by atoms with Crippen molar-refractivity contribution < 1.29 is 27.1 Å². The molecule has 0 fully saturated rings. The maximum atomic E-state index is 13.3. The number of rotatable bonds is 5. The molecule has 0 bridgehead atoms. The molecule has 38 heavy (non-hydrogen) atoms. The molecular weight excluding hydrogens is 519 g/mol. The van der Waals surface area contributed by atoms with Crippen LogP contribution in [0.2, 0.25) is 0 Å². The summed E-state index contributed by atoms with van der Waals surface area (Å²) in [6, 6.07) is 11.9. The van der Waals surface area contributed by atoms with Gasteiger partial charge in [-0.2, -0.15) is 18.2 Å². The van der Waals surface area contributed by atoms with Crippen LogP contribution >= 0.6 is 11.3 Å². The van der Waals surface area contributed by atoms with E-state index in [0.717, 1.165) is 16.2 Å². The first-order chi connectivity index (χ1) is 18.1. The van der Waals surface area contributed by atoms with Crippen molar-refractivity contribution in [2.24, 2.45) is 16.5 Å². The smallest absolute Gasteiger partial charge is 0.433 e. The van der Waals surface area contributed by atoms with Crippen LogP contribution in [0.25, 0.3) is 32.4 Å². The minimum absolute atomic E-state index is 0.00593. The van der Waals surface area contributed by atoms with E-state index >= 15 is 0 Å². The van der Waals surface area contributed by atoms with Crippen molar-refractivity contribution in [1.29, 1.82) is 0 Å². The van der Waals surface area contributed by atoms with E-state index < -0.39 is 23.8 Å². The van der Waals surface area contributed by atoms with Gasteiger partial charge >= 0.3 is 12.1 Å². The van der Waals surface area contributed by atoms with Crippen molar-refractivity contribution in [3.63, 3.8) is 0 Å². The molecule has 3 heterocycles. The summed E-state index contributed by atoms with van der Waals surface area (Å²) in [5, 5.41) is 2.94. The number of amides is 1. The average molecular weight is 540 g/mol.